The van der Waals surface area contributed by atoms with Gasteiger partial charge in [-0.05, 0) is 67.4 Å². The van der Waals surface area contributed by atoms with Crippen molar-refractivity contribution in [3.63, 3.8) is 0 Å². The van der Waals surface area contributed by atoms with Gasteiger partial charge in [0.05, 0.1) is 0 Å². The Morgan fingerprint density at radius 2 is 1.70 bits per heavy atom. The number of aryl methyl sites for hydroxylation is 1. The first-order valence-corrected chi connectivity index (χ1v) is 10.1. The minimum atomic E-state index is 0.846. The van der Waals surface area contributed by atoms with Gasteiger partial charge in [0.15, 0.2) is 0 Å². The number of anilines is 3. The van der Waals surface area contributed by atoms with E-state index in [-0.39, 0.29) is 0 Å². The van der Waals surface area contributed by atoms with Crippen LogP contribution in [-0.2, 0) is 6.42 Å². The van der Waals surface area contributed by atoms with Crippen molar-refractivity contribution in [2.24, 2.45) is 0 Å². The van der Waals surface area contributed by atoms with E-state index in [4.69, 9.17) is 4.98 Å². The molecule has 4 heteroatoms. The monoisotopic (exact) mass is 423 g/mol. The lowest BCUT2D eigenvalue weighted by atomic mass is 10.1. The number of rotatable bonds is 5. The molecule has 140 valence electrons. The Morgan fingerprint density at radius 1 is 0.963 bits per heavy atom. The third-order valence-electron chi connectivity index (χ3n) is 3.87. The molecule has 27 heavy (non-hydrogen) atoms. The van der Waals surface area contributed by atoms with Crippen LogP contribution in [0.1, 0.15) is 39.0 Å². The first kappa shape index (κ1) is 20.8. The molecule has 0 saturated heterocycles. The minimum Gasteiger partial charge on any atom is -0.279 e. The lowest BCUT2D eigenvalue weighted by molar-refractivity contribution is 1.01. The Labute approximate surface area is 170 Å². The van der Waals surface area contributed by atoms with Gasteiger partial charge in [-0.15, -0.1) is 0 Å². The van der Waals surface area contributed by atoms with Crippen LogP contribution in [-0.4, -0.2) is 9.97 Å². The van der Waals surface area contributed by atoms with Crippen LogP contribution in [0.4, 0.5) is 17.3 Å². The Kier molecular flexibility index (Phi) is 8.21. The zero-order chi connectivity index (χ0) is 19.6. The van der Waals surface area contributed by atoms with Gasteiger partial charge in [0.25, 0.3) is 0 Å². The van der Waals surface area contributed by atoms with Crippen LogP contribution in [0.2, 0.25) is 0 Å². The van der Waals surface area contributed by atoms with Gasteiger partial charge in [0.2, 0.25) is 0 Å². The number of allylic oxidation sites excluding steroid dienone is 1. The molecule has 0 saturated carbocycles. The van der Waals surface area contributed by atoms with E-state index < -0.39 is 0 Å². The standard InChI is InChI=1S/C21H20BrN3.C2H6/c1-3-7-16-9-14-21(24-19(16)4-2)25(20-8-5-6-15-23-20)18-12-10-17(22)11-13-18;1-2/h3,5-15H,4H2,1-2H3;1-2H3/b7-3-;. The van der Waals surface area contributed by atoms with Crippen molar-refractivity contribution < 1.29 is 0 Å². The molecule has 3 aromatic rings. The average Bonchev–Trinajstić information content (AvgIpc) is 2.73. The van der Waals surface area contributed by atoms with Crippen LogP contribution in [0.15, 0.2) is 71.3 Å². The highest BCUT2D eigenvalue weighted by Crippen LogP contribution is 2.33. The van der Waals surface area contributed by atoms with Crippen molar-refractivity contribution in [2.75, 3.05) is 4.90 Å². The van der Waals surface area contributed by atoms with Crippen molar-refractivity contribution in [3.8, 4) is 0 Å². The molecule has 0 amide bonds. The van der Waals surface area contributed by atoms with E-state index in [1.807, 2.05) is 63.2 Å². The van der Waals surface area contributed by atoms with Gasteiger partial charge in [-0.1, -0.05) is 54.9 Å². The molecule has 2 heterocycles. The van der Waals surface area contributed by atoms with Crippen LogP contribution in [0, 0.1) is 0 Å². The van der Waals surface area contributed by atoms with Crippen LogP contribution in [0.3, 0.4) is 0 Å². The first-order chi connectivity index (χ1) is 13.2. The van der Waals surface area contributed by atoms with Gasteiger partial charge < -0.3 is 0 Å². The highest BCUT2D eigenvalue weighted by Gasteiger charge is 2.15. The van der Waals surface area contributed by atoms with Gasteiger partial charge in [0, 0.05) is 22.1 Å². The number of hydrogen-bond acceptors (Lipinski definition) is 3. The third-order valence-corrected chi connectivity index (χ3v) is 4.40. The van der Waals surface area contributed by atoms with Crippen LogP contribution >= 0.6 is 15.9 Å². The lowest BCUT2D eigenvalue weighted by Crippen LogP contribution is -2.14. The van der Waals surface area contributed by atoms with Gasteiger partial charge in [0.1, 0.15) is 11.6 Å². The van der Waals surface area contributed by atoms with Gasteiger partial charge in [-0.2, -0.15) is 0 Å². The predicted octanol–water partition coefficient (Wildman–Crippen LogP) is 7.33. The molecule has 0 spiro atoms. The fourth-order valence-corrected chi connectivity index (χ4v) is 2.96. The molecule has 0 fully saturated rings. The maximum absolute atomic E-state index is 4.91. The van der Waals surface area contributed by atoms with Crippen molar-refractivity contribution in [1.29, 1.82) is 0 Å². The van der Waals surface area contributed by atoms with E-state index in [9.17, 15) is 0 Å². The number of aromatic nitrogens is 2. The van der Waals surface area contributed by atoms with E-state index in [2.05, 4.69) is 57.0 Å². The summed E-state index contributed by atoms with van der Waals surface area (Å²) >= 11 is 3.50. The molecule has 0 atom stereocenters. The smallest absolute Gasteiger partial charge is 0.139 e. The molecule has 0 N–H and O–H groups in total. The summed E-state index contributed by atoms with van der Waals surface area (Å²) in [5, 5.41) is 0. The molecular formula is C23H26BrN3. The molecule has 0 bridgehead atoms. The Hall–Kier alpha value is -2.46. The zero-order valence-electron chi connectivity index (χ0n) is 16.4. The average molecular weight is 424 g/mol. The summed E-state index contributed by atoms with van der Waals surface area (Å²) in [4.78, 5) is 11.5. The number of halogens is 1. The van der Waals surface area contributed by atoms with Crippen LogP contribution < -0.4 is 4.90 Å². The SMILES string of the molecule is C/C=C\c1ccc(N(c2ccc(Br)cc2)c2ccccn2)nc1CC.CC. The Bertz CT molecular complexity index is 859. The summed E-state index contributed by atoms with van der Waals surface area (Å²) in [6, 6.07) is 18.3. The zero-order valence-corrected chi connectivity index (χ0v) is 17.9. The first-order valence-electron chi connectivity index (χ1n) is 9.32. The molecule has 3 nitrogen and oxygen atoms in total. The molecule has 0 aliphatic rings. The van der Waals surface area contributed by atoms with E-state index in [0.29, 0.717) is 0 Å². The minimum absolute atomic E-state index is 0.846. The maximum atomic E-state index is 4.91. The number of nitrogens with zero attached hydrogens (tertiary/aromatic N) is 3. The van der Waals surface area contributed by atoms with Crippen LogP contribution in [0.25, 0.3) is 6.08 Å². The highest BCUT2D eigenvalue weighted by atomic mass is 79.9. The predicted molar refractivity (Wildman–Crippen MR) is 120 cm³/mol. The summed E-state index contributed by atoms with van der Waals surface area (Å²) in [6.45, 7) is 8.15. The fourth-order valence-electron chi connectivity index (χ4n) is 2.70. The van der Waals surface area contributed by atoms with Crippen LogP contribution in [0.5, 0.6) is 0 Å². The largest absolute Gasteiger partial charge is 0.279 e. The molecule has 0 radical (unpaired) electrons. The normalized spacial score (nSPS) is 10.4. The quantitative estimate of drug-likeness (QED) is 0.429. The van der Waals surface area contributed by atoms with E-state index in [0.717, 1.165) is 39.5 Å². The van der Waals surface area contributed by atoms with Crippen molar-refractivity contribution in [2.45, 2.75) is 34.1 Å². The number of pyridine rings is 2. The molecule has 0 unspecified atom stereocenters. The second-order valence-electron chi connectivity index (χ2n) is 5.56. The van der Waals surface area contributed by atoms with Gasteiger partial charge in [-0.25, -0.2) is 9.97 Å². The molecule has 1 aromatic carbocycles. The summed E-state index contributed by atoms with van der Waals surface area (Å²) in [6.07, 6.45) is 6.82. The van der Waals surface area contributed by atoms with Gasteiger partial charge in [-0.3, -0.25) is 4.90 Å². The lowest BCUT2D eigenvalue weighted by Gasteiger charge is -2.24. The summed E-state index contributed by atoms with van der Waals surface area (Å²) in [7, 11) is 0. The fraction of sp³-hybridized carbons (Fsp3) is 0.217. The molecular weight excluding hydrogens is 398 g/mol. The van der Waals surface area contributed by atoms with E-state index in [1.165, 1.54) is 0 Å². The summed E-state index contributed by atoms with van der Waals surface area (Å²) < 4.78 is 1.04. The van der Waals surface area contributed by atoms with Crippen molar-refractivity contribution >= 4 is 39.3 Å². The summed E-state index contributed by atoms with van der Waals surface area (Å²) in [5.41, 5.74) is 3.26. The molecule has 0 aliphatic carbocycles. The van der Waals surface area contributed by atoms with E-state index in [1.54, 1.807) is 6.20 Å². The number of benzene rings is 1. The second-order valence-corrected chi connectivity index (χ2v) is 6.47. The second kappa shape index (κ2) is 10.6. The highest BCUT2D eigenvalue weighted by molar-refractivity contribution is 9.10. The summed E-state index contributed by atoms with van der Waals surface area (Å²) in [5.74, 6) is 1.71. The Balaban J connectivity index is 0.00000126. The Morgan fingerprint density at radius 3 is 2.30 bits per heavy atom. The van der Waals surface area contributed by atoms with Gasteiger partial charge >= 0.3 is 0 Å². The van der Waals surface area contributed by atoms with E-state index >= 15 is 0 Å². The maximum Gasteiger partial charge on any atom is 0.139 e. The molecule has 3 rings (SSSR count). The molecule has 2 aromatic heterocycles. The number of hydrogen-bond donors (Lipinski definition) is 0. The van der Waals surface area contributed by atoms with Crippen molar-refractivity contribution in [3.05, 3.63) is 82.6 Å². The molecule has 0 aliphatic heterocycles. The topological polar surface area (TPSA) is 29.0 Å². The third kappa shape index (κ3) is 5.27. The van der Waals surface area contributed by atoms with Crippen molar-refractivity contribution in [1.82, 2.24) is 9.97 Å².